The van der Waals surface area contributed by atoms with E-state index in [0.29, 0.717) is 18.8 Å². The zero-order valence-corrected chi connectivity index (χ0v) is 6.09. The van der Waals surface area contributed by atoms with E-state index in [-0.39, 0.29) is 6.42 Å². The fourth-order valence-electron chi connectivity index (χ4n) is 0.470. The minimum Gasteiger partial charge on any atom is -0.499 e. The normalized spacial score (nSPS) is 8.90. The van der Waals surface area contributed by atoms with Crippen LogP contribution in [0.4, 0.5) is 0 Å². The predicted molar refractivity (Wildman–Crippen MR) is 37.6 cm³/mol. The molecule has 0 radical (unpaired) electrons. The van der Waals surface area contributed by atoms with Crippen LogP contribution in [0, 0.1) is 0 Å². The van der Waals surface area contributed by atoms with Crippen LogP contribution in [-0.4, -0.2) is 17.7 Å². The Morgan fingerprint density at radius 1 is 1.70 bits per heavy atom. The van der Waals surface area contributed by atoms with Crippen molar-refractivity contribution < 1.29 is 14.6 Å². The Hall–Kier alpha value is -0.990. The molecule has 0 atom stereocenters. The molecule has 0 rings (SSSR count). The van der Waals surface area contributed by atoms with Crippen molar-refractivity contribution in [3.63, 3.8) is 0 Å². The van der Waals surface area contributed by atoms with Gasteiger partial charge in [0.15, 0.2) is 0 Å². The van der Waals surface area contributed by atoms with Crippen LogP contribution in [0.3, 0.4) is 0 Å². The van der Waals surface area contributed by atoms with Crippen molar-refractivity contribution in [3.8, 4) is 0 Å². The molecule has 0 heterocycles. The van der Waals surface area contributed by atoms with Gasteiger partial charge in [-0.05, 0) is 13.3 Å². The van der Waals surface area contributed by atoms with Crippen LogP contribution in [0.1, 0.15) is 19.8 Å². The summed E-state index contributed by atoms with van der Waals surface area (Å²) in [5, 5.41) is 8.20. The third kappa shape index (κ3) is 7.01. The summed E-state index contributed by atoms with van der Waals surface area (Å²) in [4.78, 5) is 9.97. The molecule has 10 heavy (non-hydrogen) atoms. The Bertz CT molecular complexity index is 113. The van der Waals surface area contributed by atoms with Gasteiger partial charge in [-0.3, -0.25) is 4.79 Å². The van der Waals surface area contributed by atoms with E-state index in [1.165, 1.54) is 0 Å². The Balaban J connectivity index is 3.06. The lowest BCUT2D eigenvalue weighted by Gasteiger charge is -2.01. The quantitative estimate of drug-likeness (QED) is 0.468. The fourth-order valence-corrected chi connectivity index (χ4v) is 0.470. The molecule has 0 aliphatic heterocycles. The number of carboxylic acids is 1. The molecule has 0 unspecified atom stereocenters. The van der Waals surface area contributed by atoms with Crippen molar-refractivity contribution >= 4 is 5.97 Å². The van der Waals surface area contributed by atoms with Gasteiger partial charge in [0.25, 0.3) is 0 Å². The molecule has 3 heteroatoms. The first kappa shape index (κ1) is 9.01. The van der Waals surface area contributed by atoms with E-state index in [0.717, 1.165) is 0 Å². The molecule has 0 saturated carbocycles. The number of hydrogen-bond acceptors (Lipinski definition) is 2. The molecular formula is C7H12O3. The summed E-state index contributed by atoms with van der Waals surface area (Å²) in [7, 11) is 0. The number of carbonyl (C=O) groups is 1. The van der Waals surface area contributed by atoms with Crippen LogP contribution in [0.15, 0.2) is 12.3 Å². The Morgan fingerprint density at radius 3 is 2.70 bits per heavy atom. The summed E-state index contributed by atoms with van der Waals surface area (Å²) in [6.07, 6.45) is 0.704. The number of hydrogen-bond donors (Lipinski definition) is 1. The van der Waals surface area contributed by atoms with Crippen molar-refractivity contribution in [2.24, 2.45) is 0 Å². The summed E-state index contributed by atoms with van der Waals surface area (Å²) in [6, 6.07) is 0. The van der Waals surface area contributed by atoms with E-state index in [2.05, 4.69) is 6.58 Å². The number of ether oxygens (including phenoxy) is 1. The molecule has 0 bridgehead atoms. The van der Waals surface area contributed by atoms with Crippen molar-refractivity contribution in [2.75, 3.05) is 6.61 Å². The average Bonchev–Trinajstić information content (AvgIpc) is 1.79. The average molecular weight is 144 g/mol. The van der Waals surface area contributed by atoms with Gasteiger partial charge in [-0.2, -0.15) is 0 Å². The van der Waals surface area contributed by atoms with Crippen LogP contribution in [-0.2, 0) is 9.53 Å². The molecule has 0 amide bonds. The molecule has 0 spiro atoms. The molecule has 0 aliphatic rings. The summed E-state index contributed by atoms with van der Waals surface area (Å²) in [5.41, 5.74) is 0. The molecule has 0 saturated heterocycles. The van der Waals surface area contributed by atoms with Crippen LogP contribution >= 0.6 is 0 Å². The zero-order valence-electron chi connectivity index (χ0n) is 6.09. The van der Waals surface area contributed by atoms with Gasteiger partial charge < -0.3 is 9.84 Å². The number of aliphatic carboxylic acids is 1. The van der Waals surface area contributed by atoms with Crippen molar-refractivity contribution in [1.29, 1.82) is 0 Å². The summed E-state index contributed by atoms with van der Waals surface area (Å²) < 4.78 is 4.93. The lowest BCUT2D eigenvalue weighted by molar-refractivity contribution is -0.137. The topological polar surface area (TPSA) is 46.5 Å². The number of carboxylic acid groups (broad SMARTS) is 1. The third-order valence-corrected chi connectivity index (χ3v) is 0.883. The Kier molecular flexibility index (Phi) is 4.37. The van der Waals surface area contributed by atoms with Crippen LogP contribution in [0.25, 0.3) is 0 Å². The lowest BCUT2D eigenvalue weighted by atomic mass is 10.3. The van der Waals surface area contributed by atoms with E-state index in [4.69, 9.17) is 9.84 Å². The Labute approximate surface area is 60.3 Å². The van der Waals surface area contributed by atoms with E-state index in [1.807, 2.05) is 0 Å². The Morgan fingerprint density at radius 2 is 2.30 bits per heavy atom. The van der Waals surface area contributed by atoms with Gasteiger partial charge in [-0.15, -0.1) is 0 Å². The van der Waals surface area contributed by atoms with Gasteiger partial charge in [0.05, 0.1) is 12.4 Å². The highest BCUT2D eigenvalue weighted by Crippen LogP contribution is 1.94. The molecule has 1 N–H and O–H groups in total. The molecule has 3 nitrogen and oxygen atoms in total. The monoisotopic (exact) mass is 144 g/mol. The van der Waals surface area contributed by atoms with Crippen molar-refractivity contribution in [1.82, 2.24) is 0 Å². The molecule has 0 aliphatic carbocycles. The van der Waals surface area contributed by atoms with Gasteiger partial charge in [0.1, 0.15) is 0 Å². The van der Waals surface area contributed by atoms with Crippen LogP contribution in [0.2, 0.25) is 0 Å². The van der Waals surface area contributed by atoms with Crippen molar-refractivity contribution in [3.05, 3.63) is 12.3 Å². The van der Waals surface area contributed by atoms with Gasteiger partial charge in [-0.1, -0.05) is 6.58 Å². The van der Waals surface area contributed by atoms with Crippen LogP contribution < -0.4 is 0 Å². The zero-order chi connectivity index (χ0) is 7.98. The maximum atomic E-state index is 9.97. The third-order valence-electron chi connectivity index (χ3n) is 0.883. The standard InChI is InChI=1S/C7H12O3/c1-6(2)10-5-3-4-7(8)9/h1,3-5H2,2H3,(H,8,9). The first-order valence-electron chi connectivity index (χ1n) is 3.13. The highest BCUT2D eigenvalue weighted by molar-refractivity contribution is 5.66. The summed E-state index contributed by atoms with van der Waals surface area (Å²) in [5.74, 6) is -0.157. The summed E-state index contributed by atoms with van der Waals surface area (Å²) >= 11 is 0. The second-order valence-corrected chi connectivity index (χ2v) is 2.05. The molecular weight excluding hydrogens is 132 g/mol. The minimum absolute atomic E-state index is 0.160. The van der Waals surface area contributed by atoms with E-state index < -0.39 is 5.97 Å². The smallest absolute Gasteiger partial charge is 0.303 e. The highest BCUT2D eigenvalue weighted by Gasteiger charge is 1.95. The number of allylic oxidation sites excluding steroid dienone is 1. The minimum atomic E-state index is -0.787. The molecule has 0 aromatic heterocycles. The number of rotatable bonds is 5. The molecule has 0 aromatic carbocycles. The molecule has 0 fully saturated rings. The molecule has 58 valence electrons. The van der Waals surface area contributed by atoms with Crippen LogP contribution in [0.5, 0.6) is 0 Å². The van der Waals surface area contributed by atoms with Crippen molar-refractivity contribution in [2.45, 2.75) is 19.8 Å². The highest BCUT2D eigenvalue weighted by atomic mass is 16.5. The first-order valence-corrected chi connectivity index (χ1v) is 3.13. The maximum absolute atomic E-state index is 9.97. The second kappa shape index (κ2) is 4.85. The predicted octanol–water partition coefficient (Wildman–Crippen LogP) is 1.40. The van der Waals surface area contributed by atoms with E-state index in [9.17, 15) is 4.79 Å². The van der Waals surface area contributed by atoms with Gasteiger partial charge in [0.2, 0.25) is 0 Å². The van der Waals surface area contributed by atoms with E-state index >= 15 is 0 Å². The fraction of sp³-hybridized carbons (Fsp3) is 0.571. The van der Waals surface area contributed by atoms with Gasteiger partial charge >= 0.3 is 5.97 Å². The molecule has 0 aromatic rings. The second-order valence-electron chi connectivity index (χ2n) is 2.05. The van der Waals surface area contributed by atoms with Gasteiger partial charge in [-0.25, -0.2) is 0 Å². The SMILES string of the molecule is C=C(C)OCCCC(=O)O. The van der Waals surface area contributed by atoms with E-state index in [1.54, 1.807) is 6.92 Å². The first-order chi connectivity index (χ1) is 4.63. The van der Waals surface area contributed by atoms with Gasteiger partial charge in [0, 0.05) is 6.42 Å². The summed E-state index contributed by atoms with van der Waals surface area (Å²) in [6.45, 7) is 5.69. The largest absolute Gasteiger partial charge is 0.499 e. The maximum Gasteiger partial charge on any atom is 0.303 e. The lowest BCUT2D eigenvalue weighted by Crippen LogP contribution is -1.98.